The van der Waals surface area contributed by atoms with Crippen LogP contribution < -0.4 is 15.4 Å². The molecule has 2 N–H and O–H groups in total. The number of aromatic nitrogens is 4. The van der Waals surface area contributed by atoms with Gasteiger partial charge < -0.3 is 29.6 Å². The molecule has 1 saturated heterocycles. The molecule has 0 bridgehead atoms. The molecule has 0 saturated carbocycles. The molecule has 0 aromatic carbocycles. The highest BCUT2D eigenvalue weighted by molar-refractivity contribution is 5.76. The lowest BCUT2D eigenvalue weighted by atomic mass is 10.1. The van der Waals surface area contributed by atoms with Gasteiger partial charge in [-0.15, -0.1) is 0 Å². The highest BCUT2D eigenvalue weighted by atomic mass is 16.7. The van der Waals surface area contributed by atoms with Gasteiger partial charge >= 0.3 is 0 Å². The maximum Gasteiger partial charge on any atom is 0.229 e. The first kappa shape index (κ1) is 20.7. The fourth-order valence-electron chi connectivity index (χ4n) is 3.62. The third-order valence-electron chi connectivity index (χ3n) is 5.17. The third-order valence-corrected chi connectivity index (χ3v) is 5.17. The number of fused-ring (bicyclic) bond motifs is 1. The summed E-state index contributed by atoms with van der Waals surface area (Å²) in [5.74, 6) is 2.69. The number of ether oxygens (including phenoxy) is 4. The maximum absolute atomic E-state index is 5.62. The minimum absolute atomic E-state index is 0.195. The van der Waals surface area contributed by atoms with Crippen molar-refractivity contribution in [2.45, 2.75) is 12.5 Å². The number of nitrogens with one attached hydrogen (secondary N) is 2. The predicted molar refractivity (Wildman–Crippen MR) is 121 cm³/mol. The van der Waals surface area contributed by atoms with Gasteiger partial charge in [-0.1, -0.05) is 6.07 Å². The van der Waals surface area contributed by atoms with Crippen LogP contribution in [-0.4, -0.2) is 47.1 Å². The summed E-state index contributed by atoms with van der Waals surface area (Å²) < 4.78 is 22.0. The lowest BCUT2D eigenvalue weighted by Gasteiger charge is -2.20. The molecule has 3 aromatic heterocycles. The van der Waals surface area contributed by atoms with Crippen LogP contribution in [-0.2, 0) is 14.2 Å². The van der Waals surface area contributed by atoms with Crippen molar-refractivity contribution < 1.29 is 18.9 Å². The van der Waals surface area contributed by atoms with Crippen LogP contribution in [0.15, 0.2) is 72.2 Å². The van der Waals surface area contributed by atoms with Crippen molar-refractivity contribution in [2.75, 3.05) is 31.6 Å². The van der Waals surface area contributed by atoms with E-state index >= 15 is 0 Å². The molecule has 0 radical (unpaired) electrons. The Morgan fingerprint density at radius 2 is 1.91 bits per heavy atom. The molecule has 168 valence electrons. The van der Waals surface area contributed by atoms with E-state index in [2.05, 4.69) is 30.6 Å². The van der Waals surface area contributed by atoms with Crippen LogP contribution in [0.4, 0.5) is 17.5 Å². The second-order valence-electron chi connectivity index (χ2n) is 7.20. The Kier molecular flexibility index (Phi) is 5.73. The maximum atomic E-state index is 5.62. The minimum Gasteiger partial charge on any atom is -0.493 e. The van der Waals surface area contributed by atoms with Crippen LogP contribution in [0, 0.1) is 0 Å². The molecule has 0 spiro atoms. The molecule has 5 rings (SSSR count). The predicted octanol–water partition coefficient (Wildman–Crippen LogP) is 3.62. The zero-order valence-corrected chi connectivity index (χ0v) is 18.1. The average molecular weight is 446 g/mol. The Balaban J connectivity index is 1.43. The standard InChI is InChI=1S/C23H22N6O4/c1-30-17-10-14(11-18-21(17)33-13-32-18)27-23-26-12-19(31-2)22(29-23)28-16-7-5-9-25-20(16)15-6-3-4-8-24-15/h3-10,12,18H,11,13H2,1-2H3,(H2,26,27,28,29). The van der Waals surface area contributed by atoms with E-state index in [1.54, 1.807) is 32.8 Å². The quantitative estimate of drug-likeness (QED) is 0.558. The SMILES string of the molecule is COC1=C2OCOC2CC(Nc2ncc(OC)c(Nc3cccnc3-c3ccccn3)n2)=C1. The molecule has 1 aliphatic heterocycles. The van der Waals surface area contributed by atoms with Crippen molar-refractivity contribution >= 4 is 17.5 Å². The summed E-state index contributed by atoms with van der Waals surface area (Å²) in [6.45, 7) is 0.213. The molecule has 10 nitrogen and oxygen atoms in total. The summed E-state index contributed by atoms with van der Waals surface area (Å²) in [6.07, 6.45) is 7.31. The molecule has 3 aromatic rings. The van der Waals surface area contributed by atoms with Crippen molar-refractivity contribution in [3.05, 3.63) is 72.2 Å². The topological polar surface area (TPSA) is 113 Å². The number of hydrogen-bond donors (Lipinski definition) is 2. The van der Waals surface area contributed by atoms with Crippen molar-refractivity contribution in [3.8, 4) is 17.1 Å². The third kappa shape index (κ3) is 4.28. The monoisotopic (exact) mass is 446 g/mol. The minimum atomic E-state index is -0.195. The van der Waals surface area contributed by atoms with E-state index in [1.165, 1.54) is 0 Å². The van der Waals surface area contributed by atoms with E-state index in [0.717, 1.165) is 17.1 Å². The Bertz CT molecular complexity index is 1210. The largest absolute Gasteiger partial charge is 0.493 e. The molecule has 1 atom stereocenters. The van der Waals surface area contributed by atoms with Gasteiger partial charge in [-0.05, 0) is 24.3 Å². The number of nitrogens with zero attached hydrogens (tertiary/aromatic N) is 4. The summed E-state index contributed by atoms with van der Waals surface area (Å²) >= 11 is 0. The van der Waals surface area contributed by atoms with Crippen LogP contribution in [0.5, 0.6) is 5.75 Å². The van der Waals surface area contributed by atoms with Crippen molar-refractivity contribution in [3.63, 3.8) is 0 Å². The van der Waals surface area contributed by atoms with E-state index < -0.39 is 0 Å². The van der Waals surface area contributed by atoms with Gasteiger partial charge in [-0.2, -0.15) is 4.98 Å². The first-order chi connectivity index (χ1) is 16.2. The van der Waals surface area contributed by atoms with Gasteiger partial charge in [0.15, 0.2) is 29.9 Å². The number of rotatable bonds is 7. The first-order valence-electron chi connectivity index (χ1n) is 10.3. The van der Waals surface area contributed by atoms with Gasteiger partial charge in [-0.3, -0.25) is 9.97 Å². The zero-order chi connectivity index (χ0) is 22.6. The summed E-state index contributed by atoms with van der Waals surface area (Å²) in [7, 11) is 3.16. The molecule has 33 heavy (non-hydrogen) atoms. The number of pyridine rings is 2. The first-order valence-corrected chi connectivity index (χ1v) is 10.3. The Hall–Kier alpha value is -4.18. The van der Waals surface area contributed by atoms with E-state index in [4.69, 9.17) is 18.9 Å². The Labute approximate surface area is 190 Å². The highest BCUT2D eigenvalue weighted by Gasteiger charge is 2.32. The summed E-state index contributed by atoms with van der Waals surface area (Å²) in [6, 6.07) is 9.43. The number of hydrogen-bond acceptors (Lipinski definition) is 10. The van der Waals surface area contributed by atoms with Gasteiger partial charge in [0.25, 0.3) is 0 Å². The Morgan fingerprint density at radius 3 is 2.73 bits per heavy atom. The van der Waals surface area contributed by atoms with Crippen LogP contribution in [0.2, 0.25) is 0 Å². The molecule has 0 amide bonds. The Morgan fingerprint density at radius 1 is 1.00 bits per heavy atom. The smallest absolute Gasteiger partial charge is 0.229 e. The molecular formula is C23H22N6O4. The van der Waals surface area contributed by atoms with Gasteiger partial charge in [0, 0.05) is 30.6 Å². The van der Waals surface area contributed by atoms with Crippen LogP contribution in [0.3, 0.4) is 0 Å². The number of anilines is 3. The molecule has 10 heteroatoms. The van der Waals surface area contributed by atoms with Crippen molar-refractivity contribution in [1.29, 1.82) is 0 Å². The fraction of sp³-hybridized carbons (Fsp3) is 0.217. The second-order valence-corrected chi connectivity index (χ2v) is 7.20. The van der Waals surface area contributed by atoms with E-state index in [1.807, 2.05) is 36.4 Å². The fourth-order valence-corrected chi connectivity index (χ4v) is 3.62. The van der Waals surface area contributed by atoms with Crippen molar-refractivity contribution in [1.82, 2.24) is 19.9 Å². The molecule has 1 aliphatic carbocycles. The van der Waals surface area contributed by atoms with E-state index in [9.17, 15) is 0 Å². The van der Waals surface area contributed by atoms with Crippen LogP contribution >= 0.6 is 0 Å². The van der Waals surface area contributed by atoms with Gasteiger partial charge in [0.05, 0.1) is 31.8 Å². The molecule has 1 unspecified atom stereocenters. The van der Waals surface area contributed by atoms with Crippen LogP contribution in [0.25, 0.3) is 11.4 Å². The van der Waals surface area contributed by atoms with Gasteiger partial charge in [0.2, 0.25) is 5.95 Å². The van der Waals surface area contributed by atoms with E-state index in [0.29, 0.717) is 41.1 Å². The lowest BCUT2D eigenvalue weighted by molar-refractivity contribution is 0.0499. The normalized spacial score (nSPS) is 17.0. The number of allylic oxidation sites excluding steroid dienone is 1. The summed E-state index contributed by atoms with van der Waals surface area (Å²) in [5, 5.41) is 6.56. The van der Waals surface area contributed by atoms with Gasteiger partial charge in [-0.25, -0.2) is 4.98 Å². The van der Waals surface area contributed by atoms with Crippen molar-refractivity contribution in [2.24, 2.45) is 0 Å². The van der Waals surface area contributed by atoms with Gasteiger partial charge in [0.1, 0.15) is 11.8 Å². The summed E-state index contributed by atoms with van der Waals surface area (Å²) in [5.41, 5.74) is 3.02. The summed E-state index contributed by atoms with van der Waals surface area (Å²) in [4.78, 5) is 17.9. The molecule has 4 heterocycles. The molecule has 1 fully saturated rings. The molecular weight excluding hydrogens is 424 g/mol. The second kappa shape index (κ2) is 9.13. The molecule has 2 aliphatic rings. The lowest BCUT2D eigenvalue weighted by Crippen LogP contribution is -2.19. The van der Waals surface area contributed by atoms with Crippen LogP contribution in [0.1, 0.15) is 6.42 Å². The zero-order valence-electron chi connectivity index (χ0n) is 18.1. The number of methoxy groups -OCH3 is 2. The van der Waals surface area contributed by atoms with E-state index in [-0.39, 0.29) is 12.9 Å². The highest BCUT2D eigenvalue weighted by Crippen LogP contribution is 2.34. The average Bonchev–Trinajstić information content (AvgIpc) is 3.33.